The summed E-state index contributed by atoms with van der Waals surface area (Å²) in [5.74, 6) is -1.28. The fourth-order valence-corrected chi connectivity index (χ4v) is 4.05. The molecule has 0 fully saturated rings. The molecule has 28 heavy (non-hydrogen) atoms. The molecule has 6 nitrogen and oxygen atoms in total. The van der Waals surface area contributed by atoms with Gasteiger partial charge in [0.2, 0.25) is 10.0 Å². The lowest BCUT2D eigenvalue weighted by Crippen LogP contribution is -2.30. The molecule has 0 aliphatic carbocycles. The van der Waals surface area contributed by atoms with Crippen LogP contribution in [0.5, 0.6) is 5.75 Å². The number of nitrogens with zero attached hydrogens (tertiary/aromatic N) is 1. The van der Waals surface area contributed by atoms with E-state index in [1.807, 2.05) is 0 Å². The third kappa shape index (κ3) is 5.43. The topological polar surface area (TPSA) is 72.9 Å². The quantitative estimate of drug-likeness (QED) is 0.448. The summed E-state index contributed by atoms with van der Waals surface area (Å²) in [6.07, 6.45) is 0. The summed E-state index contributed by atoms with van der Waals surface area (Å²) in [6.45, 7) is 3.83. The van der Waals surface area contributed by atoms with Gasteiger partial charge in [0.15, 0.2) is 0 Å². The van der Waals surface area contributed by atoms with Crippen molar-refractivity contribution in [3.05, 3.63) is 58.9 Å². The lowest BCUT2D eigenvalue weighted by atomic mass is 10.2. The summed E-state index contributed by atoms with van der Waals surface area (Å²) < 4.78 is 50.7. The SMILES string of the molecule is CCN(CC)S(=O)(=O)c1ccc(F)c(C(=O)OCCOc2ccc(Cl)cc2)c1. The number of esters is 1. The first-order chi connectivity index (χ1) is 13.3. The molecule has 0 unspecified atom stereocenters. The molecule has 0 saturated carbocycles. The van der Waals surface area contributed by atoms with Crippen molar-refractivity contribution in [1.29, 1.82) is 0 Å². The highest BCUT2D eigenvalue weighted by Crippen LogP contribution is 2.20. The smallest absolute Gasteiger partial charge is 0.341 e. The van der Waals surface area contributed by atoms with Crippen LogP contribution in [0, 0.1) is 5.82 Å². The second-order valence-electron chi connectivity index (χ2n) is 5.67. The Morgan fingerprint density at radius 1 is 1.07 bits per heavy atom. The molecule has 0 amide bonds. The van der Waals surface area contributed by atoms with E-state index in [0.29, 0.717) is 10.8 Å². The van der Waals surface area contributed by atoms with Gasteiger partial charge in [0.25, 0.3) is 0 Å². The number of hydrogen-bond donors (Lipinski definition) is 0. The second-order valence-corrected chi connectivity index (χ2v) is 8.04. The van der Waals surface area contributed by atoms with Crippen molar-refractivity contribution >= 4 is 27.6 Å². The predicted molar refractivity (Wildman–Crippen MR) is 104 cm³/mol. The van der Waals surface area contributed by atoms with Crippen molar-refractivity contribution in [2.45, 2.75) is 18.7 Å². The monoisotopic (exact) mass is 429 g/mol. The molecule has 0 saturated heterocycles. The van der Waals surface area contributed by atoms with Gasteiger partial charge in [-0.3, -0.25) is 0 Å². The Labute approximate surface area is 168 Å². The van der Waals surface area contributed by atoms with E-state index in [0.717, 1.165) is 18.2 Å². The van der Waals surface area contributed by atoms with Gasteiger partial charge in [-0.25, -0.2) is 17.6 Å². The standard InChI is InChI=1S/C19H21ClFNO5S/c1-3-22(4-2)28(24,25)16-9-10-18(21)17(13-16)19(23)27-12-11-26-15-7-5-14(20)6-8-15/h5-10,13H,3-4,11-12H2,1-2H3. The van der Waals surface area contributed by atoms with E-state index < -0.39 is 27.4 Å². The Kier molecular flexibility index (Phi) is 7.79. The molecular weight excluding hydrogens is 409 g/mol. The van der Waals surface area contributed by atoms with Crippen LogP contribution in [0.4, 0.5) is 4.39 Å². The average molecular weight is 430 g/mol. The van der Waals surface area contributed by atoms with Crippen LogP contribution in [0.2, 0.25) is 5.02 Å². The summed E-state index contributed by atoms with van der Waals surface area (Å²) in [7, 11) is -3.82. The van der Waals surface area contributed by atoms with Crippen molar-refractivity contribution in [2.75, 3.05) is 26.3 Å². The molecule has 0 aliphatic heterocycles. The Balaban J connectivity index is 2.03. The highest BCUT2D eigenvalue weighted by Gasteiger charge is 2.24. The molecule has 0 aliphatic rings. The fourth-order valence-electron chi connectivity index (χ4n) is 2.44. The van der Waals surface area contributed by atoms with Gasteiger partial charge in [-0.15, -0.1) is 0 Å². The maximum Gasteiger partial charge on any atom is 0.341 e. The van der Waals surface area contributed by atoms with Crippen LogP contribution in [-0.2, 0) is 14.8 Å². The first kappa shape index (κ1) is 22.1. The second kappa shape index (κ2) is 9.86. The molecule has 2 rings (SSSR count). The first-order valence-electron chi connectivity index (χ1n) is 8.64. The highest BCUT2D eigenvalue weighted by atomic mass is 35.5. The van der Waals surface area contributed by atoms with Crippen molar-refractivity contribution < 1.29 is 27.1 Å². The Hall–Kier alpha value is -2.16. The van der Waals surface area contributed by atoms with E-state index >= 15 is 0 Å². The molecule has 0 radical (unpaired) electrons. The first-order valence-corrected chi connectivity index (χ1v) is 10.5. The van der Waals surface area contributed by atoms with Crippen molar-refractivity contribution in [3.8, 4) is 5.75 Å². The number of hydrogen-bond acceptors (Lipinski definition) is 5. The van der Waals surface area contributed by atoms with Gasteiger partial charge >= 0.3 is 5.97 Å². The van der Waals surface area contributed by atoms with Gasteiger partial charge in [0.1, 0.15) is 24.8 Å². The lowest BCUT2D eigenvalue weighted by Gasteiger charge is -2.18. The third-order valence-electron chi connectivity index (χ3n) is 3.90. The van der Waals surface area contributed by atoms with E-state index in [2.05, 4.69) is 0 Å². The Bertz CT molecular complexity index is 914. The molecule has 0 bridgehead atoms. The van der Waals surface area contributed by atoms with Crippen LogP contribution in [0.25, 0.3) is 0 Å². The maximum atomic E-state index is 14.0. The predicted octanol–water partition coefficient (Wildman–Crippen LogP) is 3.75. The summed E-state index contributed by atoms with van der Waals surface area (Å²) in [4.78, 5) is 12.0. The van der Waals surface area contributed by atoms with Crippen LogP contribution < -0.4 is 4.74 Å². The normalized spacial score (nSPS) is 11.5. The van der Waals surface area contributed by atoms with E-state index in [1.54, 1.807) is 38.1 Å². The molecule has 0 N–H and O–H groups in total. The lowest BCUT2D eigenvalue weighted by molar-refractivity contribution is 0.0445. The summed E-state index contributed by atoms with van der Waals surface area (Å²) in [6, 6.07) is 9.68. The maximum absolute atomic E-state index is 14.0. The van der Waals surface area contributed by atoms with Gasteiger partial charge in [-0.2, -0.15) is 4.31 Å². The summed E-state index contributed by atoms with van der Waals surface area (Å²) >= 11 is 5.77. The number of carbonyl (C=O) groups excluding carboxylic acids is 1. The summed E-state index contributed by atoms with van der Waals surface area (Å²) in [5.41, 5.74) is -0.445. The molecule has 0 atom stereocenters. The van der Waals surface area contributed by atoms with Crippen molar-refractivity contribution in [2.24, 2.45) is 0 Å². The summed E-state index contributed by atoms with van der Waals surface area (Å²) in [5, 5.41) is 0.564. The number of ether oxygens (including phenoxy) is 2. The number of halogens is 2. The largest absolute Gasteiger partial charge is 0.490 e. The highest BCUT2D eigenvalue weighted by molar-refractivity contribution is 7.89. The van der Waals surface area contributed by atoms with Gasteiger partial charge in [0, 0.05) is 18.1 Å². The number of sulfonamides is 1. The zero-order chi connectivity index (χ0) is 20.7. The molecule has 152 valence electrons. The van der Waals surface area contributed by atoms with Crippen LogP contribution >= 0.6 is 11.6 Å². The molecule has 0 heterocycles. The molecule has 0 spiro atoms. The average Bonchev–Trinajstić information content (AvgIpc) is 2.67. The minimum Gasteiger partial charge on any atom is -0.490 e. The van der Waals surface area contributed by atoms with Gasteiger partial charge in [0.05, 0.1) is 10.5 Å². The molecule has 9 heteroatoms. The van der Waals surface area contributed by atoms with E-state index in [-0.39, 0.29) is 31.2 Å². The van der Waals surface area contributed by atoms with Crippen LogP contribution in [0.1, 0.15) is 24.2 Å². The minimum absolute atomic E-state index is 0.0480. The van der Waals surface area contributed by atoms with E-state index in [4.69, 9.17) is 21.1 Å². The van der Waals surface area contributed by atoms with E-state index in [1.165, 1.54) is 4.31 Å². The van der Waals surface area contributed by atoms with Gasteiger partial charge in [-0.05, 0) is 42.5 Å². The van der Waals surface area contributed by atoms with Gasteiger partial charge < -0.3 is 9.47 Å². The number of benzene rings is 2. The zero-order valence-electron chi connectivity index (χ0n) is 15.5. The van der Waals surface area contributed by atoms with E-state index in [9.17, 15) is 17.6 Å². The Morgan fingerprint density at radius 3 is 2.32 bits per heavy atom. The molecule has 2 aromatic rings. The van der Waals surface area contributed by atoms with Crippen LogP contribution in [0.15, 0.2) is 47.4 Å². The third-order valence-corrected chi connectivity index (χ3v) is 6.20. The number of rotatable bonds is 9. The van der Waals surface area contributed by atoms with Crippen LogP contribution in [-0.4, -0.2) is 45.0 Å². The molecular formula is C19H21ClFNO5S. The Morgan fingerprint density at radius 2 is 1.71 bits per heavy atom. The molecule has 2 aromatic carbocycles. The van der Waals surface area contributed by atoms with Gasteiger partial charge in [-0.1, -0.05) is 25.4 Å². The van der Waals surface area contributed by atoms with Crippen molar-refractivity contribution in [3.63, 3.8) is 0 Å². The minimum atomic E-state index is -3.82. The van der Waals surface area contributed by atoms with Crippen LogP contribution in [0.3, 0.4) is 0 Å². The molecule has 0 aromatic heterocycles. The fraction of sp³-hybridized carbons (Fsp3) is 0.316. The number of carbonyl (C=O) groups is 1. The zero-order valence-corrected chi connectivity index (χ0v) is 17.1. The van der Waals surface area contributed by atoms with Crippen molar-refractivity contribution in [1.82, 2.24) is 4.31 Å².